The average molecular weight is 262 g/mol. The van der Waals surface area contributed by atoms with E-state index in [0.717, 1.165) is 5.56 Å². The highest BCUT2D eigenvalue weighted by Gasteiger charge is 2.08. The molecule has 1 aromatic carbocycles. The van der Waals surface area contributed by atoms with Crippen molar-refractivity contribution < 1.29 is 14.3 Å². The van der Waals surface area contributed by atoms with E-state index < -0.39 is 11.9 Å². The van der Waals surface area contributed by atoms with Gasteiger partial charge in [-0.1, -0.05) is 22.0 Å². The first-order valence-corrected chi connectivity index (χ1v) is 4.85. The number of carbonyl (C=O) groups is 1. The molecule has 0 fully saturated rings. The number of rotatable bonds is 2. The molecule has 0 radical (unpaired) electrons. The molecule has 0 bridgehead atoms. The molecule has 5 heteroatoms. The van der Waals surface area contributed by atoms with Crippen molar-refractivity contribution in [3.8, 4) is 0 Å². The molecule has 0 heterocycles. The van der Waals surface area contributed by atoms with Crippen molar-refractivity contribution in [3.05, 3.63) is 29.6 Å². The second-order valence-corrected chi connectivity index (χ2v) is 4.16. The topological polar surface area (TPSA) is 49.3 Å². The van der Waals surface area contributed by atoms with E-state index in [4.69, 9.17) is 5.11 Å². The molecule has 1 rings (SSSR count). The Balaban J connectivity index is 2.95. The van der Waals surface area contributed by atoms with Gasteiger partial charge in [-0.05, 0) is 24.6 Å². The van der Waals surface area contributed by atoms with Crippen LogP contribution in [0.3, 0.4) is 0 Å². The molecule has 1 aromatic rings. The Labute approximate surface area is 89.1 Å². The second-order valence-electron chi connectivity index (χ2n) is 2.79. The second kappa shape index (κ2) is 4.41. The van der Waals surface area contributed by atoms with Crippen molar-refractivity contribution in [1.29, 1.82) is 0 Å². The molecule has 2 N–H and O–H groups in total. The standard InChI is InChI=1S/C9H9BrFNO2/c1-5(10)6-2-3-8(7(11)4-6)12-9(13)14/h2-5,12H,1H3,(H,13,14). The van der Waals surface area contributed by atoms with E-state index in [2.05, 4.69) is 15.9 Å². The van der Waals surface area contributed by atoms with Gasteiger partial charge in [0.25, 0.3) is 0 Å². The minimum Gasteiger partial charge on any atom is -0.465 e. The summed E-state index contributed by atoms with van der Waals surface area (Å²) in [6.45, 7) is 1.86. The van der Waals surface area contributed by atoms with Gasteiger partial charge in [0, 0.05) is 4.83 Å². The van der Waals surface area contributed by atoms with Gasteiger partial charge in [0.05, 0.1) is 5.69 Å². The SMILES string of the molecule is CC(Br)c1ccc(NC(=O)O)c(F)c1. The highest BCUT2D eigenvalue weighted by Crippen LogP contribution is 2.25. The van der Waals surface area contributed by atoms with Crippen LogP contribution in [0, 0.1) is 5.82 Å². The van der Waals surface area contributed by atoms with Crippen molar-refractivity contribution in [2.24, 2.45) is 0 Å². The molecule has 0 aromatic heterocycles. The number of hydrogen-bond donors (Lipinski definition) is 2. The Bertz CT molecular complexity index is 355. The molecular weight excluding hydrogens is 253 g/mol. The Morgan fingerprint density at radius 2 is 2.29 bits per heavy atom. The predicted molar refractivity (Wildman–Crippen MR) is 55.4 cm³/mol. The number of halogens is 2. The van der Waals surface area contributed by atoms with Gasteiger partial charge in [-0.25, -0.2) is 9.18 Å². The van der Waals surface area contributed by atoms with Gasteiger partial charge in [-0.2, -0.15) is 0 Å². The molecule has 14 heavy (non-hydrogen) atoms. The van der Waals surface area contributed by atoms with Crippen LogP contribution in [0.25, 0.3) is 0 Å². The normalized spacial score (nSPS) is 12.2. The number of nitrogens with one attached hydrogen (secondary N) is 1. The average Bonchev–Trinajstić information content (AvgIpc) is 2.07. The minimum atomic E-state index is -1.27. The summed E-state index contributed by atoms with van der Waals surface area (Å²) in [5.41, 5.74) is 0.729. The first-order valence-electron chi connectivity index (χ1n) is 3.94. The maximum absolute atomic E-state index is 13.2. The van der Waals surface area contributed by atoms with Gasteiger partial charge >= 0.3 is 6.09 Å². The zero-order chi connectivity index (χ0) is 10.7. The third kappa shape index (κ3) is 2.70. The van der Waals surface area contributed by atoms with Crippen LogP contribution in [0.4, 0.5) is 14.9 Å². The van der Waals surface area contributed by atoms with Crippen LogP contribution >= 0.6 is 15.9 Å². The van der Waals surface area contributed by atoms with E-state index in [1.54, 1.807) is 6.07 Å². The van der Waals surface area contributed by atoms with Crippen molar-refractivity contribution in [1.82, 2.24) is 0 Å². The van der Waals surface area contributed by atoms with Crippen LogP contribution in [0.1, 0.15) is 17.3 Å². The molecule has 0 spiro atoms. The van der Waals surface area contributed by atoms with E-state index in [0.29, 0.717) is 0 Å². The highest BCUT2D eigenvalue weighted by molar-refractivity contribution is 9.09. The summed E-state index contributed by atoms with van der Waals surface area (Å²) in [5.74, 6) is -0.573. The fourth-order valence-electron chi connectivity index (χ4n) is 0.995. The smallest absolute Gasteiger partial charge is 0.409 e. The van der Waals surface area contributed by atoms with Gasteiger partial charge in [0.1, 0.15) is 5.82 Å². The molecule has 0 saturated heterocycles. The zero-order valence-corrected chi connectivity index (χ0v) is 9.01. The largest absolute Gasteiger partial charge is 0.465 e. The number of benzene rings is 1. The molecule has 76 valence electrons. The fraction of sp³-hybridized carbons (Fsp3) is 0.222. The molecular formula is C9H9BrFNO2. The first-order chi connectivity index (χ1) is 6.50. The maximum atomic E-state index is 13.2. The number of hydrogen-bond acceptors (Lipinski definition) is 1. The molecule has 0 aliphatic carbocycles. The van der Waals surface area contributed by atoms with Gasteiger partial charge in [-0.3, -0.25) is 5.32 Å². The van der Waals surface area contributed by atoms with Gasteiger partial charge < -0.3 is 5.11 Å². The first kappa shape index (κ1) is 11.0. The Kier molecular flexibility index (Phi) is 3.46. The summed E-state index contributed by atoms with van der Waals surface area (Å²) < 4.78 is 13.2. The maximum Gasteiger partial charge on any atom is 0.409 e. The molecule has 0 saturated carbocycles. The molecule has 0 aliphatic rings. The van der Waals surface area contributed by atoms with E-state index >= 15 is 0 Å². The van der Waals surface area contributed by atoms with Crippen molar-refractivity contribution >= 4 is 27.7 Å². The lowest BCUT2D eigenvalue weighted by molar-refractivity contribution is 0.209. The summed E-state index contributed by atoms with van der Waals surface area (Å²) in [7, 11) is 0. The fourth-order valence-corrected chi connectivity index (χ4v) is 1.28. The van der Waals surface area contributed by atoms with Crippen LogP contribution in [-0.4, -0.2) is 11.2 Å². The summed E-state index contributed by atoms with van der Waals surface area (Å²) in [4.78, 5) is 10.3. The van der Waals surface area contributed by atoms with Crippen LogP contribution in [0.5, 0.6) is 0 Å². The third-order valence-corrected chi connectivity index (χ3v) is 2.22. The van der Waals surface area contributed by atoms with E-state index in [9.17, 15) is 9.18 Å². The highest BCUT2D eigenvalue weighted by atomic mass is 79.9. The minimum absolute atomic E-state index is 0.0330. The van der Waals surface area contributed by atoms with Crippen molar-refractivity contribution in [2.75, 3.05) is 5.32 Å². The lowest BCUT2D eigenvalue weighted by Gasteiger charge is -2.07. The lowest BCUT2D eigenvalue weighted by atomic mass is 10.1. The van der Waals surface area contributed by atoms with Gasteiger partial charge in [0.2, 0.25) is 0 Å². The summed E-state index contributed by atoms with van der Waals surface area (Å²) in [6.07, 6.45) is -1.27. The quantitative estimate of drug-likeness (QED) is 0.803. The van der Waals surface area contributed by atoms with Crippen LogP contribution < -0.4 is 5.32 Å². The van der Waals surface area contributed by atoms with Gasteiger partial charge in [0.15, 0.2) is 0 Å². The van der Waals surface area contributed by atoms with E-state index in [1.807, 2.05) is 12.2 Å². The van der Waals surface area contributed by atoms with Crippen molar-refractivity contribution in [3.63, 3.8) is 0 Å². The van der Waals surface area contributed by atoms with Crippen LogP contribution in [0.15, 0.2) is 18.2 Å². The molecule has 1 atom stereocenters. The molecule has 0 aliphatic heterocycles. The Hall–Kier alpha value is -1.10. The van der Waals surface area contributed by atoms with Crippen LogP contribution in [0.2, 0.25) is 0 Å². The number of alkyl halides is 1. The lowest BCUT2D eigenvalue weighted by Crippen LogP contribution is -2.08. The zero-order valence-electron chi connectivity index (χ0n) is 7.42. The van der Waals surface area contributed by atoms with E-state index in [-0.39, 0.29) is 10.5 Å². The summed E-state index contributed by atoms with van der Waals surface area (Å²) in [5, 5.41) is 10.3. The number of anilines is 1. The summed E-state index contributed by atoms with van der Waals surface area (Å²) >= 11 is 3.29. The molecule has 3 nitrogen and oxygen atoms in total. The Morgan fingerprint density at radius 3 is 2.71 bits per heavy atom. The molecule has 1 unspecified atom stereocenters. The van der Waals surface area contributed by atoms with Crippen LogP contribution in [-0.2, 0) is 0 Å². The number of carboxylic acid groups (broad SMARTS) is 1. The van der Waals surface area contributed by atoms with Gasteiger partial charge in [-0.15, -0.1) is 0 Å². The predicted octanol–water partition coefficient (Wildman–Crippen LogP) is 3.37. The summed E-state index contributed by atoms with van der Waals surface area (Å²) in [6, 6.07) is 4.36. The molecule has 1 amide bonds. The monoisotopic (exact) mass is 261 g/mol. The Morgan fingerprint density at radius 1 is 1.64 bits per heavy atom. The third-order valence-electron chi connectivity index (χ3n) is 1.69. The number of amides is 1. The van der Waals surface area contributed by atoms with E-state index in [1.165, 1.54) is 12.1 Å². The van der Waals surface area contributed by atoms with Crippen molar-refractivity contribution in [2.45, 2.75) is 11.8 Å².